The molecule has 0 spiro atoms. The monoisotopic (exact) mass is 523 g/mol. The summed E-state index contributed by atoms with van der Waals surface area (Å²) >= 11 is 0. The predicted octanol–water partition coefficient (Wildman–Crippen LogP) is 3.51. The van der Waals surface area contributed by atoms with Crippen LogP contribution in [0.3, 0.4) is 0 Å². The fraction of sp³-hybridized carbons (Fsp3) is 0.333. The van der Waals surface area contributed by atoms with Crippen LogP contribution in [-0.4, -0.2) is 63.0 Å². The van der Waals surface area contributed by atoms with Crippen LogP contribution in [0.1, 0.15) is 18.9 Å². The molecule has 0 unspecified atom stereocenters. The van der Waals surface area contributed by atoms with Gasteiger partial charge in [0.15, 0.2) is 0 Å². The summed E-state index contributed by atoms with van der Waals surface area (Å²) in [4.78, 5) is 23.6. The number of carbonyl (C=O) groups excluding carboxylic acids is 1. The molecule has 0 radical (unpaired) electrons. The number of nitrogens with one attached hydrogen (secondary N) is 1. The van der Waals surface area contributed by atoms with Crippen LogP contribution in [0.25, 0.3) is 0 Å². The number of rotatable bonds is 6. The van der Waals surface area contributed by atoms with Crippen LogP contribution in [0, 0.1) is 5.82 Å². The molecule has 1 aromatic heterocycles. The minimum Gasteiger partial charge on any atom is -0.368 e. The first kappa shape index (κ1) is 25.0. The molecule has 1 amide bonds. The second-order valence-electron chi connectivity index (χ2n) is 9.37. The summed E-state index contributed by atoms with van der Waals surface area (Å²) in [5, 5.41) is 0. The second kappa shape index (κ2) is 10.4. The van der Waals surface area contributed by atoms with Gasteiger partial charge in [0.2, 0.25) is 5.91 Å². The van der Waals surface area contributed by atoms with Crippen LogP contribution in [-0.2, 0) is 21.2 Å². The first-order valence-electron chi connectivity index (χ1n) is 12.4. The third-order valence-corrected chi connectivity index (χ3v) is 8.40. The number of carbonyl (C=O) groups is 1. The van der Waals surface area contributed by atoms with E-state index in [1.54, 1.807) is 54.6 Å². The van der Waals surface area contributed by atoms with Gasteiger partial charge in [-0.05, 0) is 79.9 Å². The minimum atomic E-state index is -3.73. The van der Waals surface area contributed by atoms with Gasteiger partial charge in [-0.1, -0.05) is 6.07 Å². The van der Waals surface area contributed by atoms with Crippen molar-refractivity contribution in [2.75, 3.05) is 47.2 Å². The Kier molecular flexibility index (Phi) is 7.01. The average molecular weight is 524 g/mol. The number of piperazine rings is 1. The number of aromatic nitrogens is 1. The van der Waals surface area contributed by atoms with Crippen molar-refractivity contribution in [1.29, 1.82) is 0 Å². The Morgan fingerprint density at radius 1 is 1.00 bits per heavy atom. The summed E-state index contributed by atoms with van der Waals surface area (Å²) in [5.41, 5.74) is 2.81. The molecule has 2 aliphatic heterocycles. The van der Waals surface area contributed by atoms with Crippen LogP contribution < -0.4 is 14.5 Å². The number of halogens is 1. The molecule has 1 atom stereocenters. The van der Waals surface area contributed by atoms with E-state index >= 15 is 0 Å². The summed E-state index contributed by atoms with van der Waals surface area (Å²) in [7, 11) is -3.73. The molecule has 1 saturated heterocycles. The lowest BCUT2D eigenvalue weighted by Gasteiger charge is -2.41. The molecular formula is C27H30FN5O3S. The fourth-order valence-corrected chi connectivity index (χ4v) is 6.04. The highest BCUT2D eigenvalue weighted by Crippen LogP contribution is 2.30. The topological polar surface area (TPSA) is 85.8 Å². The lowest BCUT2D eigenvalue weighted by molar-refractivity contribution is -0.132. The van der Waals surface area contributed by atoms with E-state index in [0.29, 0.717) is 26.2 Å². The van der Waals surface area contributed by atoms with Crippen molar-refractivity contribution in [3.63, 3.8) is 0 Å². The van der Waals surface area contributed by atoms with Crippen LogP contribution in [0.15, 0.2) is 71.8 Å². The van der Waals surface area contributed by atoms with Gasteiger partial charge >= 0.3 is 0 Å². The Morgan fingerprint density at radius 3 is 2.46 bits per heavy atom. The molecule has 0 bridgehead atoms. The molecule has 0 aliphatic carbocycles. The SMILES string of the molecule is C[C@H](C(=O)N1CCN(c2ccc(S(=O)(=O)Nc3ccccn3)cc2)CC1)N1CCCc2cc(F)ccc21. The lowest BCUT2D eigenvalue weighted by Crippen LogP contribution is -2.55. The van der Waals surface area contributed by atoms with E-state index in [2.05, 4.69) is 19.5 Å². The highest BCUT2D eigenvalue weighted by molar-refractivity contribution is 7.92. The van der Waals surface area contributed by atoms with Gasteiger partial charge in [0.25, 0.3) is 10.0 Å². The van der Waals surface area contributed by atoms with Crippen LogP contribution in [0.5, 0.6) is 0 Å². The zero-order valence-electron chi connectivity index (χ0n) is 20.7. The molecule has 2 aromatic carbocycles. The molecule has 8 nitrogen and oxygen atoms in total. The van der Waals surface area contributed by atoms with Gasteiger partial charge in [0.05, 0.1) is 4.90 Å². The van der Waals surface area contributed by atoms with Crippen molar-refractivity contribution in [2.45, 2.75) is 30.7 Å². The average Bonchev–Trinajstić information content (AvgIpc) is 2.92. The summed E-state index contributed by atoms with van der Waals surface area (Å²) in [5.74, 6) is 0.0893. The normalized spacial score (nSPS) is 16.8. The second-order valence-corrected chi connectivity index (χ2v) is 11.1. The number of fused-ring (bicyclic) bond motifs is 1. The number of hydrogen-bond acceptors (Lipinski definition) is 6. The number of nitrogens with zero attached hydrogens (tertiary/aromatic N) is 4. The molecule has 5 rings (SSSR count). The number of amides is 1. The maximum Gasteiger partial charge on any atom is 0.263 e. The molecule has 194 valence electrons. The summed E-state index contributed by atoms with van der Waals surface area (Å²) in [6.07, 6.45) is 3.24. The standard InChI is InChI=1S/C27H30FN5O3S/c1-20(33-14-4-5-21-19-22(28)7-12-25(21)33)27(34)32-17-15-31(16-18-32)23-8-10-24(11-9-23)37(35,36)30-26-6-2-3-13-29-26/h2-3,6-13,19-20H,4-5,14-18H2,1H3,(H,29,30)/t20-/m1/s1. The largest absolute Gasteiger partial charge is 0.368 e. The highest BCUT2D eigenvalue weighted by atomic mass is 32.2. The van der Waals surface area contributed by atoms with Crippen LogP contribution in [0.4, 0.5) is 21.6 Å². The van der Waals surface area contributed by atoms with E-state index in [1.807, 2.05) is 11.8 Å². The molecule has 2 aliphatic rings. The molecule has 1 fully saturated rings. The third kappa shape index (κ3) is 5.39. The maximum atomic E-state index is 13.7. The van der Waals surface area contributed by atoms with Crippen LogP contribution in [0.2, 0.25) is 0 Å². The minimum absolute atomic E-state index is 0.0684. The zero-order chi connectivity index (χ0) is 26.0. The molecule has 0 saturated carbocycles. The van der Waals surface area contributed by atoms with Crippen molar-refractivity contribution in [1.82, 2.24) is 9.88 Å². The Balaban J connectivity index is 1.19. The third-order valence-electron chi connectivity index (χ3n) is 7.03. The molecule has 10 heteroatoms. The van der Waals surface area contributed by atoms with Crippen molar-refractivity contribution >= 4 is 33.1 Å². The Bertz CT molecular complexity index is 1360. The van der Waals surface area contributed by atoms with E-state index in [4.69, 9.17) is 0 Å². The molecule has 3 aromatic rings. The van der Waals surface area contributed by atoms with E-state index < -0.39 is 10.0 Å². The van der Waals surface area contributed by atoms with Crippen molar-refractivity contribution in [3.8, 4) is 0 Å². The highest BCUT2D eigenvalue weighted by Gasteiger charge is 2.31. The van der Waals surface area contributed by atoms with Gasteiger partial charge < -0.3 is 14.7 Å². The van der Waals surface area contributed by atoms with E-state index in [1.165, 1.54) is 12.3 Å². The molecule has 1 N–H and O–H groups in total. The Labute approximate surface area is 216 Å². The Hall–Kier alpha value is -3.66. The van der Waals surface area contributed by atoms with Gasteiger partial charge in [0.1, 0.15) is 17.7 Å². The number of benzene rings is 2. The van der Waals surface area contributed by atoms with Gasteiger partial charge in [-0.2, -0.15) is 0 Å². The van der Waals surface area contributed by atoms with E-state index in [-0.39, 0.29) is 28.5 Å². The number of pyridine rings is 1. The number of aryl methyl sites for hydroxylation is 1. The van der Waals surface area contributed by atoms with Gasteiger partial charge in [-0.25, -0.2) is 17.8 Å². The van der Waals surface area contributed by atoms with Gasteiger partial charge in [-0.3, -0.25) is 9.52 Å². The molecule has 3 heterocycles. The van der Waals surface area contributed by atoms with E-state index in [0.717, 1.165) is 36.3 Å². The first-order chi connectivity index (χ1) is 17.8. The van der Waals surface area contributed by atoms with Crippen LogP contribution >= 0.6 is 0 Å². The Morgan fingerprint density at radius 2 is 1.76 bits per heavy atom. The van der Waals surface area contributed by atoms with E-state index in [9.17, 15) is 17.6 Å². The number of hydrogen-bond donors (Lipinski definition) is 1. The number of sulfonamides is 1. The lowest BCUT2D eigenvalue weighted by atomic mass is 9.99. The van der Waals surface area contributed by atoms with Crippen molar-refractivity contribution in [2.24, 2.45) is 0 Å². The van der Waals surface area contributed by atoms with Crippen molar-refractivity contribution < 1.29 is 17.6 Å². The van der Waals surface area contributed by atoms with Gasteiger partial charge in [-0.15, -0.1) is 0 Å². The summed E-state index contributed by atoms with van der Waals surface area (Å²) in [6, 6.07) is 16.2. The van der Waals surface area contributed by atoms with Gasteiger partial charge in [0, 0.05) is 50.3 Å². The fourth-order valence-electron chi connectivity index (χ4n) is 5.04. The quantitative estimate of drug-likeness (QED) is 0.532. The molecular weight excluding hydrogens is 493 g/mol. The van der Waals surface area contributed by atoms with Crippen molar-refractivity contribution in [3.05, 3.63) is 78.2 Å². The predicted molar refractivity (Wildman–Crippen MR) is 142 cm³/mol. The number of anilines is 3. The summed E-state index contributed by atoms with van der Waals surface area (Å²) < 4.78 is 41.5. The zero-order valence-corrected chi connectivity index (χ0v) is 21.5. The first-order valence-corrected chi connectivity index (χ1v) is 13.9. The smallest absolute Gasteiger partial charge is 0.263 e. The summed E-state index contributed by atoms with van der Waals surface area (Å²) in [6.45, 7) is 5.15. The maximum absolute atomic E-state index is 13.7. The molecule has 37 heavy (non-hydrogen) atoms.